The summed E-state index contributed by atoms with van der Waals surface area (Å²) < 4.78 is 14.1. The van der Waals surface area contributed by atoms with Crippen LogP contribution in [-0.2, 0) is 0 Å². The van der Waals surface area contributed by atoms with E-state index in [1.54, 1.807) is 31.4 Å². The summed E-state index contributed by atoms with van der Waals surface area (Å²) in [4.78, 5) is 10.7. The average molecular weight is 744 g/mol. The number of hydrogen-bond donors (Lipinski definition) is 1. The molecule has 0 radical (unpaired) electrons. The molecule has 0 saturated carbocycles. The van der Waals surface area contributed by atoms with Crippen LogP contribution in [0.4, 0.5) is 11.4 Å². The van der Waals surface area contributed by atoms with E-state index >= 15 is 0 Å². The lowest BCUT2D eigenvalue weighted by atomic mass is 10.0. The van der Waals surface area contributed by atoms with Gasteiger partial charge in [-0.1, -0.05) is 69.8 Å². The molecule has 0 atom stereocenters. The van der Waals surface area contributed by atoms with Crippen molar-refractivity contribution in [2.45, 2.75) is 0 Å². The Kier molecular flexibility index (Phi) is 9.95. The van der Waals surface area contributed by atoms with Gasteiger partial charge >= 0.3 is 0 Å². The first kappa shape index (κ1) is 28.2. The van der Waals surface area contributed by atoms with Crippen LogP contribution >= 0.6 is 63.7 Å². The molecule has 0 bridgehead atoms. The van der Waals surface area contributed by atoms with Crippen molar-refractivity contribution in [2.24, 2.45) is 0 Å². The molecule has 0 heterocycles. The number of anilines is 1. The van der Waals surface area contributed by atoms with Crippen molar-refractivity contribution in [1.29, 1.82) is 0 Å². The van der Waals surface area contributed by atoms with Gasteiger partial charge in [-0.25, -0.2) is 0 Å². The molecule has 0 fully saturated rings. The van der Waals surface area contributed by atoms with Gasteiger partial charge in [0.15, 0.2) is 0 Å². The highest BCUT2D eigenvalue weighted by Crippen LogP contribution is 2.39. The van der Waals surface area contributed by atoms with E-state index in [2.05, 4.69) is 63.7 Å². The minimum atomic E-state index is -0.401. The number of nitrogen functional groups attached to an aromatic ring is 1. The number of methoxy groups -OCH3 is 2. The molecule has 4 aromatic rings. The van der Waals surface area contributed by atoms with Gasteiger partial charge in [-0.15, -0.1) is 0 Å². The number of hydrogen-bond acceptors (Lipinski definition) is 5. The zero-order chi connectivity index (χ0) is 26.4. The van der Waals surface area contributed by atoms with Gasteiger partial charge in [-0.3, -0.25) is 10.1 Å². The van der Waals surface area contributed by atoms with E-state index in [1.165, 1.54) is 13.2 Å². The summed E-state index contributed by atoms with van der Waals surface area (Å²) in [6, 6.07) is 22.1. The molecule has 0 amide bonds. The highest BCUT2D eigenvalue weighted by molar-refractivity contribution is 9.11. The smallest absolute Gasteiger partial charge is 0.278 e. The van der Waals surface area contributed by atoms with Crippen molar-refractivity contribution in [3.63, 3.8) is 0 Å². The number of nitrogens with zero attached hydrogens (tertiary/aromatic N) is 1. The molecule has 4 aromatic carbocycles. The van der Waals surface area contributed by atoms with Gasteiger partial charge in [-0.2, -0.15) is 0 Å². The minimum absolute atomic E-state index is 0.0370. The maximum atomic E-state index is 11.1. The summed E-state index contributed by atoms with van der Waals surface area (Å²) >= 11 is 13.4. The van der Waals surface area contributed by atoms with Gasteiger partial charge in [-0.05, 0) is 60.7 Å². The van der Waals surface area contributed by atoms with Crippen LogP contribution < -0.4 is 15.2 Å². The first-order chi connectivity index (χ1) is 17.1. The monoisotopic (exact) mass is 740 g/mol. The highest BCUT2D eigenvalue weighted by atomic mass is 79.9. The Morgan fingerprint density at radius 3 is 1.47 bits per heavy atom. The van der Waals surface area contributed by atoms with Crippen LogP contribution in [0.15, 0.2) is 90.7 Å². The summed E-state index contributed by atoms with van der Waals surface area (Å²) in [5.74, 6) is 1.38. The first-order valence-electron chi connectivity index (χ1n) is 10.3. The second-order valence-electron chi connectivity index (χ2n) is 7.34. The Morgan fingerprint density at radius 2 is 1.03 bits per heavy atom. The summed E-state index contributed by atoms with van der Waals surface area (Å²) in [7, 11) is 3.19. The van der Waals surface area contributed by atoms with Crippen molar-refractivity contribution in [3.05, 3.63) is 101 Å². The van der Waals surface area contributed by atoms with E-state index in [-0.39, 0.29) is 5.69 Å². The van der Waals surface area contributed by atoms with E-state index in [1.807, 2.05) is 42.5 Å². The third kappa shape index (κ3) is 6.88. The Hall–Kier alpha value is -2.40. The average Bonchev–Trinajstić information content (AvgIpc) is 2.84. The van der Waals surface area contributed by atoms with E-state index < -0.39 is 4.92 Å². The number of rotatable bonds is 5. The summed E-state index contributed by atoms with van der Waals surface area (Å²) in [5, 5.41) is 11.1. The summed E-state index contributed by atoms with van der Waals surface area (Å²) in [6.07, 6.45) is 0. The van der Waals surface area contributed by atoms with Crippen LogP contribution in [0.3, 0.4) is 0 Å². The molecular formula is C26H20Br4N2O4. The molecule has 0 unspecified atom stereocenters. The number of nitro benzene ring substituents is 1. The lowest BCUT2D eigenvalue weighted by molar-refractivity contribution is -0.384. The van der Waals surface area contributed by atoms with Crippen LogP contribution in [0, 0.1) is 10.1 Å². The van der Waals surface area contributed by atoms with E-state index in [9.17, 15) is 10.1 Å². The van der Waals surface area contributed by atoms with Gasteiger partial charge in [0.05, 0.1) is 24.7 Å². The van der Waals surface area contributed by atoms with Crippen molar-refractivity contribution in [3.8, 4) is 33.8 Å². The van der Waals surface area contributed by atoms with Gasteiger partial charge in [0.1, 0.15) is 11.5 Å². The molecule has 4 rings (SSSR count). The van der Waals surface area contributed by atoms with Crippen molar-refractivity contribution in [2.75, 3.05) is 20.0 Å². The fourth-order valence-corrected chi connectivity index (χ4v) is 4.85. The summed E-state index contributed by atoms with van der Waals surface area (Å²) in [6.45, 7) is 0. The van der Waals surface area contributed by atoms with E-state index in [4.69, 9.17) is 15.2 Å². The summed E-state index contributed by atoms with van der Waals surface area (Å²) in [5.41, 5.74) is 9.94. The molecule has 0 aliphatic heterocycles. The van der Waals surface area contributed by atoms with Gasteiger partial charge < -0.3 is 15.2 Å². The third-order valence-corrected chi connectivity index (χ3v) is 7.05. The maximum absolute atomic E-state index is 11.1. The molecule has 2 N–H and O–H groups in total. The second kappa shape index (κ2) is 12.7. The predicted molar refractivity (Wildman–Crippen MR) is 159 cm³/mol. The number of nitrogens with two attached hydrogens (primary N) is 1. The quantitative estimate of drug-likeness (QED) is 0.125. The second-order valence-corrected chi connectivity index (χ2v) is 11.0. The Morgan fingerprint density at radius 1 is 0.639 bits per heavy atom. The molecule has 6 nitrogen and oxygen atoms in total. The number of nitro groups is 1. The predicted octanol–water partition coefficient (Wildman–Crippen LogP) is 9.26. The van der Waals surface area contributed by atoms with Crippen LogP contribution in [0.1, 0.15) is 0 Å². The lowest BCUT2D eigenvalue weighted by Crippen LogP contribution is -1.94. The molecule has 0 spiro atoms. The number of ether oxygens (including phenoxy) is 2. The SMILES string of the molecule is COc1cc(Br)ccc1-c1ccc(Br)cc1N.COc1cc(Br)ccc1-c1ccc(Br)cc1[N+](=O)[O-]. The molecular weight excluding hydrogens is 724 g/mol. The highest BCUT2D eigenvalue weighted by Gasteiger charge is 2.19. The molecule has 0 aliphatic rings. The largest absolute Gasteiger partial charge is 0.496 e. The first-order valence-corrected chi connectivity index (χ1v) is 13.5. The van der Waals surface area contributed by atoms with Crippen molar-refractivity contribution in [1.82, 2.24) is 0 Å². The minimum Gasteiger partial charge on any atom is -0.496 e. The molecule has 0 aliphatic carbocycles. The third-order valence-electron chi connectivity index (χ3n) is 5.08. The van der Waals surface area contributed by atoms with Gasteiger partial charge in [0.2, 0.25) is 0 Å². The van der Waals surface area contributed by atoms with E-state index in [0.717, 1.165) is 36.0 Å². The fourth-order valence-electron chi connectivity index (χ4n) is 3.44. The molecule has 0 saturated heterocycles. The number of halogens is 4. The molecule has 186 valence electrons. The van der Waals surface area contributed by atoms with Crippen molar-refractivity contribution >= 4 is 75.1 Å². The molecule has 0 aromatic heterocycles. The molecule has 10 heteroatoms. The molecule has 36 heavy (non-hydrogen) atoms. The normalized spacial score (nSPS) is 10.3. The van der Waals surface area contributed by atoms with Crippen LogP contribution in [0.25, 0.3) is 22.3 Å². The Labute approximate surface area is 242 Å². The Bertz CT molecular complexity index is 1410. The topological polar surface area (TPSA) is 87.6 Å². The maximum Gasteiger partial charge on any atom is 0.278 e. The van der Waals surface area contributed by atoms with Crippen LogP contribution in [-0.4, -0.2) is 19.1 Å². The zero-order valence-electron chi connectivity index (χ0n) is 19.1. The van der Waals surface area contributed by atoms with E-state index in [0.29, 0.717) is 21.3 Å². The lowest BCUT2D eigenvalue weighted by Gasteiger charge is -2.11. The van der Waals surface area contributed by atoms with Gasteiger partial charge in [0, 0.05) is 46.3 Å². The van der Waals surface area contributed by atoms with Crippen molar-refractivity contribution < 1.29 is 14.4 Å². The standard InChI is InChI=1S/C13H9Br2NO3.C13H11Br2NO/c1-19-13-7-9(15)3-5-11(13)10-4-2-8(14)6-12(10)16(17)18;1-17-13-7-9(15)3-5-11(13)10-4-2-8(14)6-12(10)16/h2-7H,1H3;2-7H,16H2,1H3. The van der Waals surface area contributed by atoms with Crippen LogP contribution in [0.5, 0.6) is 11.5 Å². The van der Waals surface area contributed by atoms with Gasteiger partial charge in [0.25, 0.3) is 5.69 Å². The zero-order valence-corrected chi connectivity index (χ0v) is 25.4. The van der Waals surface area contributed by atoms with Crippen LogP contribution in [0.2, 0.25) is 0 Å². The Balaban J connectivity index is 0.000000202. The fraction of sp³-hybridized carbons (Fsp3) is 0.0769. The number of benzene rings is 4.